The fraction of sp³-hybridized carbons (Fsp3) is 0.467. The first kappa shape index (κ1) is 11.5. The van der Waals surface area contributed by atoms with Gasteiger partial charge in [0.2, 0.25) is 0 Å². The Kier molecular flexibility index (Phi) is 2.34. The Morgan fingerprint density at radius 2 is 2.00 bits per heavy atom. The highest BCUT2D eigenvalue weighted by Gasteiger charge is 2.29. The summed E-state index contributed by atoms with van der Waals surface area (Å²) in [6.45, 7) is 6.23. The molecular weight excluding hydrogens is 224 g/mol. The van der Waals surface area contributed by atoms with E-state index in [9.17, 15) is 5.11 Å². The summed E-state index contributed by atoms with van der Waals surface area (Å²) in [6, 6.07) is 3.79. The minimum atomic E-state index is 0.0602. The van der Waals surface area contributed by atoms with Crippen molar-refractivity contribution in [3.63, 3.8) is 0 Å². The van der Waals surface area contributed by atoms with Gasteiger partial charge in [0.05, 0.1) is 22.6 Å². The van der Waals surface area contributed by atoms with E-state index in [1.807, 2.05) is 19.1 Å². The standard InChI is InChI=1S/C15H18N2O/c1-9-6-12-10(8-14(9)18)7-13(16-12)11-4-5-15(2,3)17-11/h6,8,18H,4-5,7H2,1-3H3. The molecule has 0 saturated carbocycles. The highest BCUT2D eigenvalue weighted by atomic mass is 16.3. The molecule has 2 aliphatic rings. The van der Waals surface area contributed by atoms with Gasteiger partial charge in [0.1, 0.15) is 5.75 Å². The first-order valence-corrected chi connectivity index (χ1v) is 6.44. The van der Waals surface area contributed by atoms with E-state index in [1.54, 1.807) is 0 Å². The Balaban J connectivity index is 1.94. The van der Waals surface area contributed by atoms with Crippen LogP contribution < -0.4 is 0 Å². The Morgan fingerprint density at radius 3 is 2.67 bits per heavy atom. The molecule has 1 aromatic carbocycles. The van der Waals surface area contributed by atoms with Gasteiger partial charge in [-0.1, -0.05) is 0 Å². The van der Waals surface area contributed by atoms with E-state index >= 15 is 0 Å². The van der Waals surface area contributed by atoms with Gasteiger partial charge >= 0.3 is 0 Å². The number of phenols is 1. The maximum Gasteiger partial charge on any atom is 0.118 e. The van der Waals surface area contributed by atoms with Crippen LogP contribution in [0.25, 0.3) is 0 Å². The van der Waals surface area contributed by atoms with Crippen LogP contribution in [0, 0.1) is 6.92 Å². The van der Waals surface area contributed by atoms with Crippen LogP contribution in [0.3, 0.4) is 0 Å². The van der Waals surface area contributed by atoms with Crippen molar-refractivity contribution in [3.05, 3.63) is 23.3 Å². The number of aromatic hydroxyl groups is 1. The zero-order valence-electron chi connectivity index (χ0n) is 11.1. The first-order valence-electron chi connectivity index (χ1n) is 6.44. The Bertz CT molecular complexity index is 582. The molecule has 3 rings (SSSR count). The number of fused-ring (bicyclic) bond motifs is 1. The number of phenolic OH excluding ortho intramolecular Hbond substituents is 1. The maximum atomic E-state index is 9.74. The predicted molar refractivity (Wildman–Crippen MR) is 74.4 cm³/mol. The molecule has 0 spiro atoms. The molecule has 0 amide bonds. The van der Waals surface area contributed by atoms with Crippen LogP contribution in [0.15, 0.2) is 22.1 Å². The van der Waals surface area contributed by atoms with Crippen molar-refractivity contribution in [2.24, 2.45) is 9.98 Å². The molecule has 0 bridgehead atoms. The molecule has 1 N–H and O–H groups in total. The number of benzene rings is 1. The maximum absolute atomic E-state index is 9.74. The van der Waals surface area contributed by atoms with Gasteiger partial charge in [0.25, 0.3) is 0 Å². The molecule has 2 heterocycles. The Labute approximate surface area is 107 Å². The van der Waals surface area contributed by atoms with Gasteiger partial charge in [-0.05, 0) is 56.9 Å². The lowest BCUT2D eigenvalue weighted by atomic mass is 10.0. The van der Waals surface area contributed by atoms with Crippen LogP contribution in [-0.2, 0) is 6.42 Å². The molecule has 0 saturated heterocycles. The number of nitrogens with zero attached hydrogens (tertiary/aromatic N) is 2. The number of aliphatic imine (C=N–C) groups is 2. The van der Waals surface area contributed by atoms with E-state index in [-0.39, 0.29) is 5.54 Å². The quantitative estimate of drug-likeness (QED) is 0.806. The molecule has 94 valence electrons. The molecular formula is C15H18N2O. The molecule has 3 nitrogen and oxygen atoms in total. The molecule has 0 radical (unpaired) electrons. The topological polar surface area (TPSA) is 45.0 Å². The van der Waals surface area contributed by atoms with Gasteiger partial charge in [-0.15, -0.1) is 0 Å². The van der Waals surface area contributed by atoms with Crippen LogP contribution in [0.1, 0.15) is 37.8 Å². The third-order valence-corrected chi connectivity index (χ3v) is 3.75. The van der Waals surface area contributed by atoms with E-state index < -0.39 is 0 Å². The summed E-state index contributed by atoms with van der Waals surface area (Å²) in [7, 11) is 0. The minimum Gasteiger partial charge on any atom is -0.508 e. The van der Waals surface area contributed by atoms with Gasteiger partial charge in [0.15, 0.2) is 0 Å². The predicted octanol–water partition coefficient (Wildman–Crippen LogP) is 3.34. The number of hydrogen-bond acceptors (Lipinski definition) is 3. The molecule has 18 heavy (non-hydrogen) atoms. The van der Waals surface area contributed by atoms with Crippen molar-refractivity contribution in [3.8, 4) is 5.75 Å². The fourth-order valence-corrected chi connectivity index (χ4v) is 2.61. The minimum absolute atomic E-state index is 0.0602. The highest BCUT2D eigenvalue weighted by Crippen LogP contribution is 2.35. The van der Waals surface area contributed by atoms with Crippen LogP contribution >= 0.6 is 0 Å². The van der Waals surface area contributed by atoms with Gasteiger partial charge in [-0.3, -0.25) is 9.98 Å². The SMILES string of the molecule is Cc1cc2c(cc1O)CC(C1=NC(C)(C)CC1)=N2. The second-order valence-electron chi connectivity index (χ2n) is 5.87. The third kappa shape index (κ3) is 1.84. The van der Waals surface area contributed by atoms with Crippen LogP contribution in [-0.4, -0.2) is 22.1 Å². The summed E-state index contributed by atoms with van der Waals surface area (Å²) in [5.41, 5.74) is 5.28. The number of rotatable bonds is 1. The normalized spacial score (nSPS) is 20.6. The van der Waals surface area contributed by atoms with Gasteiger partial charge < -0.3 is 5.11 Å². The molecule has 2 aliphatic heterocycles. The average Bonchev–Trinajstić information content (AvgIpc) is 2.82. The summed E-state index contributed by atoms with van der Waals surface area (Å²) in [5.74, 6) is 0.360. The van der Waals surface area contributed by atoms with E-state index in [0.29, 0.717) is 5.75 Å². The molecule has 0 unspecified atom stereocenters. The van der Waals surface area contributed by atoms with E-state index in [0.717, 1.165) is 47.5 Å². The Morgan fingerprint density at radius 1 is 1.22 bits per heavy atom. The second-order valence-corrected chi connectivity index (χ2v) is 5.87. The summed E-state index contributed by atoms with van der Waals surface area (Å²) in [6.07, 6.45) is 2.92. The third-order valence-electron chi connectivity index (χ3n) is 3.75. The van der Waals surface area contributed by atoms with Crippen molar-refractivity contribution < 1.29 is 5.11 Å². The van der Waals surface area contributed by atoms with E-state index in [1.165, 1.54) is 0 Å². The van der Waals surface area contributed by atoms with Crippen molar-refractivity contribution in [1.82, 2.24) is 0 Å². The lowest BCUT2D eigenvalue weighted by molar-refractivity contribution is 0.470. The fourth-order valence-electron chi connectivity index (χ4n) is 2.61. The second kappa shape index (κ2) is 3.67. The smallest absolute Gasteiger partial charge is 0.118 e. The summed E-state index contributed by atoms with van der Waals surface area (Å²) in [5, 5.41) is 9.74. The van der Waals surface area contributed by atoms with Gasteiger partial charge in [0, 0.05) is 6.42 Å². The van der Waals surface area contributed by atoms with Crippen LogP contribution in [0.2, 0.25) is 0 Å². The van der Waals surface area contributed by atoms with Crippen LogP contribution in [0.5, 0.6) is 5.75 Å². The summed E-state index contributed by atoms with van der Waals surface area (Å²) >= 11 is 0. The monoisotopic (exact) mass is 242 g/mol. The van der Waals surface area contributed by atoms with Crippen LogP contribution in [0.4, 0.5) is 5.69 Å². The van der Waals surface area contributed by atoms with Crippen molar-refractivity contribution in [2.75, 3.05) is 0 Å². The summed E-state index contributed by atoms with van der Waals surface area (Å²) in [4.78, 5) is 9.43. The van der Waals surface area contributed by atoms with Gasteiger partial charge in [-0.2, -0.15) is 0 Å². The zero-order valence-corrected chi connectivity index (χ0v) is 11.1. The molecule has 0 aromatic heterocycles. The highest BCUT2D eigenvalue weighted by molar-refractivity contribution is 6.44. The van der Waals surface area contributed by atoms with Crippen molar-refractivity contribution >= 4 is 17.1 Å². The molecule has 1 aromatic rings. The molecule has 0 aliphatic carbocycles. The largest absolute Gasteiger partial charge is 0.508 e. The van der Waals surface area contributed by atoms with Gasteiger partial charge in [-0.25, -0.2) is 0 Å². The Hall–Kier alpha value is -1.64. The molecule has 0 fully saturated rings. The van der Waals surface area contributed by atoms with E-state index in [4.69, 9.17) is 4.99 Å². The number of aryl methyl sites for hydroxylation is 1. The average molecular weight is 242 g/mol. The number of hydrogen-bond donors (Lipinski definition) is 1. The summed E-state index contributed by atoms with van der Waals surface area (Å²) < 4.78 is 0. The lowest BCUT2D eigenvalue weighted by Crippen LogP contribution is -2.12. The van der Waals surface area contributed by atoms with E-state index in [2.05, 4.69) is 18.8 Å². The molecule has 0 atom stereocenters. The van der Waals surface area contributed by atoms with Crippen molar-refractivity contribution in [2.45, 2.75) is 45.6 Å². The first-order chi connectivity index (χ1) is 8.44. The van der Waals surface area contributed by atoms with Crippen molar-refractivity contribution in [1.29, 1.82) is 0 Å². The molecule has 3 heteroatoms. The zero-order chi connectivity index (χ0) is 12.9. The lowest BCUT2D eigenvalue weighted by Gasteiger charge is -2.10.